The van der Waals surface area contributed by atoms with Crippen molar-refractivity contribution < 1.29 is 13.9 Å². The molecule has 0 saturated carbocycles. The third-order valence-corrected chi connectivity index (χ3v) is 6.84. The number of hydrogen-bond donors (Lipinski definition) is 4. The number of H-pyrrole nitrogens is 1. The molecule has 5 rings (SSSR count). The van der Waals surface area contributed by atoms with Gasteiger partial charge < -0.3 is 25.7 Å². The summed E-state index contributed by atoms with van der Waals surface area (Å²) in [6.07, 6.45) is 9.89. The van der Waals surface area contributed by atoms with Gasteiger partial charge in [-0.3, -0.25) is 10.2 Å². The van der Waals surface area contributed by atoms with Crippen molar-refractivity contribution in [2.45, 2.75) is 19.4 Å². The van der Waals surface area contributed by atoms with E-state index in [-0.39, 0.29) is 34.8 Å². The molecule has 2 aromatic heterocycles. The van der Waals surface area contributed by atoms with Crippen LogP contribution in [0.25, 0.3) is 10.9 Å². The highest BCUT2D eigenvalue weighted by Crippen LogP contribution is 2.31. The summed E-state index contributed by atoms with van der Waals surface area (Å²) in [6.45, 7) is 9.49. The van der Waals surface area contributed by atoms with Gasteiger partial charge in [-0.05, 0) is 55.3 Å². The van der Waals surface area contributed by atoms with Crippen molar-refractivity contribution in [2.24, 2.45) is 0 Å². The van der Waals surface area contributed by atoms with E-state index in [4.69, 9.17) is 15.9 Å². The highest BCUT2D eigenvalue weighted by molar-refractivity contribution is 6.16. The Morgan fingerprint density at radius 2 is 2.07 bits per heavy atom. The van der Waals surface area contributed by atoms with E-state index in [1.54, 1.807) is 35.3 Å². The van der Waals surface area contributed by atoms with Crippen molar-refractivity contribution in [2.75, 3.05) is 22.5 Å². The van der Waals surface area contributed by atoms with Crippen LogP contribution >= 0.6 is 0 Å². The summed E-state index contributed by atoms with van der Waals surface area (Å²) < 4.78 is 20.7. The molecule has 42 heavy (non-hydrogen) atoms. The zero-order valence-electron chi connectivity index (χ0n) is 23.0. The first-order valence-electron chi connectivity index (χ1n) is 13.3. The summed E-state index contributed by atoms with van der Waals surface area (Å²) in [5.41, 5.74) is 9.35. The molecular weight excluding hydrogens is 533 g/mol. The molecule has 1 amide bonds. The fourth-order valence-electron chi connectivity index (χ4n) is 4.97. The maximum absolute atomic E-state index is 14.9. The summed E-state index contributed by atoms with van der Waals surface area (Å²) in [6, 6.07) is 12.0. The summed E-state index contributed by atoms with van der Waals surface area (Å²) in [5.74, 6) is 0.133. The number of para-hydroxylation sites is 1. The standard InChI is InChI=1S/C32H30FN7O2/c1-4-9-22(10-5-2)42-27-16-24-20(14-23(27)33)15-25(39-24)30(34)29-31(35)36-18-37-32(29)38-21-13-19-11-7-8-12-26(19)40(17-21)28(41)6-3/h4-12,14-16,18,21,34,39H,1,3,13,17H2,2H3,(H3,35,36,37,38)/b10-5-,22-9+,34-30?. The van der Waals surface area contributed by atoms with Gasteiger partial charge in [0.05, 0.1) is 17.0 Å². The number of ether oxygens (including phenoxy) is 1. The number of hydrogen-bond acceptors (Lipinski definition) is 7. The second kappa shape index (κ2) is 11.9. The van der Waals surface area contributed by atoms with Gasteiger partial charge in [0.15, 0.2) is 11.6 Å². The normalized spacial score (nSPS) is 15.0. The number of carbonyl (C=O) groups excluding carboxylic acids is 1. The lowest BCUT2D eigenvalue weighted by atomic mass is 9.97. The zero-order valence-corrected chi connectivity index (χ0v) is 23.0. The topological polar surface area (TPSA) is 133 Å². The molecule has 212 valence electrons. The van der Waals surface area contributed by atoms with Gasteiger partial charge in [0.2, 0.25) is 5.91 Å². The summed E-state index contributed by atoms with van der Waals surface area (Å²) >= 11 is 0. The minimum absolute atomic E-state index is 0.0195. The number of carbonyl (C=O) groups is 1. The lowest BCUT2D eigenvalue weighted by Gasteiger charge is -2.35. The number of aromatic nitrogens is 3. The van der Waals surface area contributed by atoms with Crippen LogP contribution in [0.5, 0.6) is 5.75 Å². The molecule has 0 bridgehead atoms. The van der Waals surface area contributed by atoms with Gasteiger partial charge >= 0.3 is 0 Å². The average Bonchev–Trinajstić information content (AvgIpc) is 3.39. The average molecular weight is 564 g/mol. The van der Waals surface area contributed by atoms with Gasteiger partial charge in [0.25, 0.3) is 0 Å². The van der Waals surface area contributed by atoms with E-state index in [1.807, 2.05) is 31.2 Å². The van der Waals surface area contributed by atoms with Gasteiger partial charge in [-0.2, -0.15) is 0 Å². The molecule has 0 saturated heterocycles. The fraction of sp³-hybridized carbons (Fsp3) is 0.125. The zero-order chi connectivity index (χ0) is 29.8. The lowest BCUT2D eigenvalue weighted by Crippen LogP contribution is -2.45. The Morgan fingerprint density at radius 3 is 2.83 bits per heavy atom. The van der Waals surface area contributed by atoms with Gasteiger partial charge in [0.1, 0.15) is 23.7 Å². The Bertz CT molecular complexity index is 1770. The van der Waals surface area contributed by atoms with Crippen LogP contribution in [-0.2, 0) is 11.2 Å². The minimum atomic E-state index is -0.555. The molecule has 0 spiro atoms. The van der Waals surface area contributed by atoms with Crippen molar-refractivity contribution >= 4 is 39.8 Å². The maximum atomic E-state index is 14.9. The van der Waals surface area contributed by atoms with Crippen molar-refractivity contribution in [1.29, 1.82) is 5.41 Å². The van der Waals surface area contributed by atoms with Crippen molar-refractivity contribution in [3.63, 3.8) is 0 Å². The number of anilines is 3. The molecule has 1 unspecified atom stereocenters. The molecule has 1 aliphatic rings. The molecule has 0 fully saturated rings. The lowest BCUT2D eigenvalue weighted by molar-refractivity contribution is -0.114. The number of nitrogens with one attached hydrogen (secondary N) is 3. The molecule has 1 atom stereocenters. The summed E-state index contributed by atoms with van der Waals surface area (Å²) in [5, 5.41) is 12.9. The molecule has 5 N–H and O–H groups in total. The smallest absolute Gasteiger partial charge is 0.250 e. The van der Waals surface area contributed by atoms with E-state index in [2.05, 4.69) is 33.4 Å². The Labute approximate surface area is 242 Å². The van der Waals surface area contributed by atoms with Crippen molar-refractivity contribution in [3.8, 4) is 5.75 Å². The minimum Gasteiger partial charge on any atom is -0.454 e. The van der Waals surface area contributed by atoms with E-state index in [1.165, 1.54) is 24.5 Å². The molecule has 0 aliphatic carbocycles. The number of fused-ring (bicyclic) bond motifs is 2. The largest absolute Gasteiger partial charge is 0.454 e. The van der Waals surface area contributed by atoms with E-state index in [0.29, 0.717) is 41.1 Å². The Kier molecular flexibility index (Phi) is 7.96. The monoisotopic (exact) mass is 563 g/mol. The van der Waals surface area contributed by atoms with Gasteiger partial charge in [-0.1, -0.05) is 43.5 Å². The maximum Gasteiger partial charge on any atom is 0.250 e. The molecule has 10 heteroatoms. The van der Waals surface area contributed by atoms with E-state index >= 15 is 0 Å². The predicted molar refractivity (Wildman–Crippen MR) is 164 cm³/mol. The molecule has 9 nitrogen and oxygen atoms in total. The van der Waals surface area contributed by atoms with Crippen LogP contribution < -0.4 is 20.7 Å². The predicted octanol–water partition coefficient (Wildman–Crippen LogP) is 5.68. The Balaban J connectivity index is 1.46. The van der Waals surface area contributed by atoms with Crippen molar-refractivity contribution in [3.05, 3.63) is 121 Å². The summed E-state index contributed by atoms with van der Waals surface area (Å²) in [4.78, 5) is 26.0. The van der Waals surface area contributed by atoms with E-state index in [9.17, 15) is 9.18 Å². The number of halogens is 1. The number of nitrogen functional groups attached to an aromatic ring is 1. The molecule has 2 aromatic carbocycles. The number of allylic oxidation sites excluding steroid dienone is 4. The van der Waals surface area contributed by atoms with Crippen LogP contribution in [0.4, 0.5) is 21.7 Å². The second-order valence-electron chi connectivity index (χ2n) is 9.64. The number of aromatic amines is 1. The first kappa shape index (κ1) is 28.0. The third kappa shape index (κ3) is 5.55. The molecule has 4 aromatic rings. The van der Waals surface area contributed by atoms with Gasteiger partial charge in [0, 0.05) is 35.2 Å². The first-order valence-corrected chi connectivity index (χ1v) is 13.3. The molecule has 1 aliphatic heterocycles. The van der Waals surface area contributed by atoms with Crippen LogP contribution in [0.2, 0.25) is 0 Å². The number of benzene rings is 2. The number of rotatable bonds is 9. The number of amides is 1. The molecular formula is C32H30FN7O2. The number of nitrogens with zero attached hydrogens (tertiary/aromatic N) is 3. The second-order valence-corrected chi connectivity index (χ2v) is 9.64. The van der Waals surface area contributed by atoms with E-state index in [0.717, 1.165) is 11.3 Å². The highest BCUT2D eigenvalue weighted by Gasteiger charge is 2.29. The third-order valence-electron chi connectivity index (χ3n) is 6.84. The van der Waals surface area contributed by atoms with Crippen LogP contribution in [0, 0.1) is 11.2 Å². The SMILES string of the molecule is C=C/C=C(\C=C/C)Oc1cc2[nH]c(C(=N)c3c(N)ncnc3NC3Cc4ccccc4N(C(=O)C=C)C3)cc2cc1F. The number of nitrogens with two attached hydrogens (primary N) is 1. The van der Waals surface area contributed by atoms with Crippen LogP contribution in [-0.4, -0.2) is 39.2 Å². The quantitative estimate of drug-likeness (QED) is 0.0897. The molecule has 3 heterocycles. The highest BCUT2D eigenvalue weighted by atomic mass is 19.1. The Morgan fingerprint density at radius 1 is 1.26 bits per heavy atom. The molecule has 0 radical (unpaired) electrons. The van der Waals surface area contributed by atoms with Crippen LogP contribution in [0.3, 0.4) is 0 Å². The Hall–Kier alpha value is -5.51. The van der Waals surface area contributed by atoms with Crippen LogP contribution in [0.1, 0.15) is 23.7 Å². The van der Waals surface area contributed by atoms with Crippen LogP contribution in [0.15, 0.2) is 98.1 Å². The van der Waals surface area contributed by atoms with E-state index < -0.39 is 5.82 Å². The van der Waals surface area contributed by atoms with Gasteiger partial charge in [-0.25, -0.2) is 14.4 Å². The van der Waals surface area contributed by atoms with Gasteiger partial charge in [-0.15, -0.1) is 0 Å². The van der Waals surface area contributed by atoms with Crippen molar-refractivity contribution in [1.82, 2.24) is 15.0 Å². The fourth-order valence-corrected chi connectivity index (χ4v) is 4.97. The summed E-state index contributed by atoms with van der Waals surface area (Å²) in [7, 11) is 0. The first-order chi connectivity index (χ1) is 20.3.